The topological polar surface area (TPSA) is 49.8 Å². The highest BCUT2D eigenvalue weighted by molar-refractivity contribution is 5.69. The number of nitrogens with zero attached hydrogens (tertiary/aromatic N) is 1. The zero-order valence-electron chi connectivity index (χ0n) is 18.0. The molecule has 1 amide bonds. The van der Waals surface area contributed by atoms with E-state index in [2.05, 4.69) is 31.2 Å². The first-order valence-electron chi connectivity index (χ1n) is 11.0. The number of fused-ring (bicyclic) bond motifs is 2. The molecule has 1 aromatic carbocycles. The summed E-state index contributed by atoms with van der Waals surface area (Å²) in [6.07, 6.45) is 9.03. The highest BCUT2D eigenvalue weighted by Gasteiger charge is 2.51. The number of aryl methyl sites for hydroxylation is 1. The van der Waals surface area contributed by atoms with Gasteiger partial charge in [0, 0.05) is 24.9 Å². The van der Waals surface area contributed by atoms with Gasteiger partial charge in [-0.15, -0.1) is 0 Å². The molecule has 2 aliphatic heterocycles. The molecule has 0 spiro atoms. The monoisotopic (exact) mass is 387 g/mol. The Hall–Kier alpha value is -1.55. The lowest BCUT2D eigenvalue weighted by Crippen LogP contribution is -2.53. The Morgan fingerprint density at radius 1 is 1.11 bits per heavy atom. The number of ether oxygens (including phenoxy) is 1. The molecule has 2 saturated heterocycles. The van der Waals surface area contributed by atoms with Crippen molar-refractivity contribution in [3.8, 4) is 0 Å². The van der Waals surface area contributed by atoms with Crippen molar-refractivity contribution in [1.29, 1.82) is 0 Å². The SMILES string of the molecule is CCCCCCc1ccc(C2(O)CC3CCC(C2)N3C(=O)OC(C)(C)C)cc1. The Balaban J connectivity index is 1.64. The number of unbranched alkanes of at least 4 members (excludes halogenated alkanes) is 3. The third-order valence-electron chi connectivity index (χ3n) is 6.18. The van der Waals surface area contributed by atoms with E-state index in [9.17, 15) is 9.90 Å². The molecule has 156 valence electrons. The van der Waals surface area contributed by atoms with Crippen LogP contribution >= 0.6 is 0 Å². The summed E-state index contributed by atoms with van der Waals surface area (Å²) < 4.78 is 5.61. The van der Waals surface area contributed by atoms with Crippen molar-refractivity contribution in [3.63, 3.8) is 0 Å². The predicted molar refractivity (Wildman–Crippen MR) is 112 cm³/mol. The van der Waals surface area contributed by atoms with Crippen LogP contribution < -0.4 is 0 Å². The molecule has 0 radical (unpaired) electrons. The zero-order chi connectivity index (χ0) is 20.4. The van der Waals surface area contributed by atoms with Crippen molar-refractivity contribution in [2.75, 3.05) is 0 Å². The summed E-state index contributed by atoms with van der Waals surface area (Å²) in [5.74, 6) is 0. The van der Waals surface area contributed by atoms with Crippen molar-refractivity contribution < 1.29 is 14.6 Å². The van der Waals surface area contributed by atoms with E-state index >= 15 is 0 Å². The van der Waals surface area contributed by atoms with Crippen LogP contribution in [0.3, 0.4) is 0 Å². The predicted octanol–water partition coefficient (Wildman–Crippen LogP) is 5.56. The van der Waals surface area contributed by atoms with Crippen molar-refractivity contribution >= 4 is 6.09 Å². The second-order valence-corrected chi connectivity index (χ2v) is 9.72. The van der Waals surface area contributed by atoms with Crippen molar-refractivity contribution in [3.05, 3.63) is 35.4 Å². The van der Waals surface area contributed by atoms with Crippen LogP contribution in [0.4, 0.5) is 4.79 Å². The second kappa shape index (κ2) is 8.44. The Morgan fingerprint density at radius 3 is 2.25 bits per heavy atom. The molecule has 3 rings (SSSR count). The number of aliphatic hydroxyl groups is 1. The molecule has 0 aliphatic carbocycles. The number of hydrogen-bond donors (Lipinski definition) is 1. The third kappa shape index (κ3) is 4.89. The molecule has 1 aromatic rings. The first-order chi connectivity index (χ1) is 13.2. The summed E-state index contributed by atoms with van der Waals surface area (Å²) >= 11 is 0. The Kier molecular flexibility index (Phi) is 6.38. The van der Waals surface area contributed by atoms with Gasteiger partial charge in [0.15, 0.2) is 0 Å². The van der Waals surface area contributed by atoms with Crippen molar-refractivity contribution in [2.45, 2.75) is 109 Å². The van der Waals surface area contributed by atoms with Crippen LogP contribution in [0.2, 0.25) is 0 Å². The lowest BCUT2D eigenvalue weighted by molar-refractivity contribution is -0.0624. The fourth-order valence-corrected chi connectivity index (χ4v) is 4.81. The lowest BCUT2D eigenvalue weighted by Gasteiger charge is -2.44. The largest absolute Gasteiger partial charge is 0.444 e. The Bertz CT molecular complexity index is 647. The zero-order valence-corrected chi connectivity index (χ0v) is 18.0. The molecular weight excluding hydrogens is 350 g/mol. The van der Waals surface area contributed by atoms with E-state index in [1.165, 1.54) is 31.2 Å². The number of carbonyl (C=O) groups excluding carboxylic acids is 1. The van der Waals surface area contributed by atoms with Gasteiger partial charge in [-0.1, -0.05) is 50.5 Å². The summed E-state index contributed by atoms with van der Waals surface area (Å²) in [5, 5.41) is 11.4. The highest BCUT2D eigenvalue weighted by Crippen LogP contribution is 2.46. The van der Waals surface area contributed by atoms with Gasteiger partial charge in [-0.25, -0.2) is 4.79 Å². The molecule has 2 atom stereocenters. The molecule has 2 unspecified atom stereocenters. The minimum absolute atomic E-state index is 0.0623. The average Bonchev–Trinajstić information content (AvgIpc) is 2.90. The van der Waals surface area contributed by atoms with Gasteiger partial charge >= 0.3 is 6.09 Å². The molecule has 1 N–H and O–H groups in total. The molecule has 0 aromatic heterocycles. The van der Waals surface area contributed by atoms with Crippen LogP contribution in [-0.4, -0.2) is 33.8 Å². The maximum Gasteiger partial charge on any atom is 0.410 e. The molecule has 4 heteroatoms. The highest BCUT2D eigenvalue weighted by atomic mass is 16.6. The molecule has 2 heterocycles. The van der Waals surface area contributed by atoms with Crippen LogP contribution in [0, 0.1) is 0 Å². The fraction of sp³-hybridized carbons (Fsp3) is 0.708. The standard InChI is InChI=1S/C24H37NO3/c1-5-6-7-8-9-18-10-12-19(13-11-18)24(27)16-20-14-15-21(17-24)25(20)22(26)28-23(2,3)4/h10-13,20-21,27H,5-9,14-17H2,1-4H3. The summed E-state index contributed by atoms with van der Waals surface area (Å²) in [5.41, 5.74) is 1.01. The normalized spacial score (nSPS) is 27.1. The second-order valence-electron chi connectivity index (χ2n) is 9.72. The summed E-state index contributed by atoms with van der Waals surface area (Å²) in [4.78, 5) is 14.5. The van der Waals surface area contributed by atoms with E-state index in [-0.39, 0.29) is 18.2 Å². The lowest BCUT2D eigenvalue weighted by atomic mass is 9.80. The first-order valence-corrected chi connectivity index (χ1v) is 11.0. The molecule has 2 bridgehead atoms. The maximum absolute atomic E-state index is 12.6. The quantitative estimate of drug-likeness (QED) is 0.650. The van der Waals surface area contributed by atoms with Gasteiger partial charge in [-0.05, 0) is 57.6 Å². The molecule has 2 fully saturated rings. The van der Waals surface area contributed by atoms with Gasteiger partial charge in [-0.2, -0.15) is 0 Å². The number of piperidine rings is 1. The van der Waals surface area contributed by atoms with Gasteiger partial charge in [0.1, 0.15) is 5.60 Å². The fourth-order valence-electron chi connectivity index (χ4n) is 4.81. The van der Waals surface area contributed by atoms with Crippen LogP contribution in [0.25, 0.3) is 0 Å². The maximum atomic E-state index is 12.6. The Morgan fingerprint density at radius 2 is 1.71 bits per heavy atom. The average molecular weight is 388 g/mol. The van der Waals surface area contributed by atoms with Gasteiger partial charge in [0.25, 0.3) is 0 Å². The van der Waals surface area contributed by atoms with Gasteiger partial charge in [0.2, 0.25) is 0 Å². The van der Waals surface area contributed by atoms with E-state index in [1.807, 2.05) is 25.7 Å². The van der Waals surface area contributed by atoms with Crippen LogP contribution in [0.15, 0.2) is 24.3 Å². The van der Waals surface area contributed by atoms with E-state index < -0.39 is 11.2 Å². The van der Waals surface area contributed by atoms with Crippen molar-refractivity contribution in [2.24, 2.45) is 0 Å². The number of amides is 1. The summed E-state index contributed by atoms with van der Waals surface area (Å²) in [6, 6.07) is 8.65. The van der Waals surface area contributed by atoms with E-state index in [0.717, 1.165) is 24.8 Å². The van der Waals surface area contributed by atoms with E-state index in [1.54, 1.807) is 0 Å². The number of rotatable bonds is 6. The molecule has 0 saturated carbocycles. The van der Waals surface area contributed by atoms with Gasteiger partial charge in [-0.3, -0.25) is 0 Å². The third-order valence-corrected chi connectivity index (χ3v) is 6.18. The Labute approximate surface area is 170 Å². The molecular formula is C24H37NO3. The van der Waals surface area contributed by atoms with E-state index in [0.29, 0.717) is 12.8 Å². The van der Waals surface area contributed by atoms with Crippen molar-refractivity contribution in [1.82, 2.24) is 4.90 Å². The summed E-state index contributed by atoms with van der Waals surface area (Å²) in [6.45, 7) is 7.93. The molecule has 4 nitrogen and oxygen atoms in total. The van der Waals surface area contributed by atoms with Gasteiger partial charge < -0.3 is 14.7 Å². The number of benzene rings is 1. The number of carbonyl (C=O) groups is 1. The van der Waals surface area contributed by atoms with E-state index in [4.69, 9.17) is 4.74 Å². The summed E-state index contributed by atoms with van der Waals surface area (Å²) in [7, 11) is 0. The minimum Gasteiger partial charge on any atom is -0.444 e. The van der Waals surface area contributed by atoms with Crippen LogP contribution in [0.1, 0.15) is 90.2 Å². The van der Waals surface area contributed by atoms with Crippen LogP contribution in [-0.2, 0) is 16.8 Å². The molecule has 2 aliphatic rings. The van der Waals surface area contributed by atoms with Gasteiger partial charge in [0.05, 0.1) is 5.60 Å². The van der Waals surface area contributed by atoms with Crippen LogP contribution in [0.5, 0.6) is 0 Å². The first kappa shape index (κ1) is 21.2. The smallest absolute Gasteiger partial charge is 0.410 e. The number of hydrogen-bond acceptors (Lipinski definition) is 3. The molecule has 28 heavy (non-hydrogen) atoms. The minimum atomic E-state index is -0.842.